The lowest BCUT2D eigenvalue weighted by Crippen LogP contribution is -2.70. The number of nitrogens with one attached hydrogen (secondary N) is 1. The molecule has 1 unspecified atom stereocenters. The first-order valence-corrected chi connectivity index (χ1v) is 9.49. The molecular weight excluding hydrogens is 328 g/mol. The molecule has 1 atom stereocenters. The SMILES string of the molecule is CC(C)CC(C)N(CCN1CC(C)(C)NC(C)(C)C1=O)c1ncncn1. The number of nitrogens with zero attached hydrogens (tertiary/aromatic N) is 5. The lowest BCUT2D eigenvalue weighted by Gasteiger charge is -2.47. The first-order valence-electron chi connectivity index (χ1n) is 9.49. The number of carbonyl (C=O) groups excluding carboxylic acids is 1. The van der Waals surface area contributed by atoms with Crippen LogP contribution < -0.4 is 10.2 Å². The lowest BCUT2D eigenvalue weighted by molar-refractivity contribution is -0.143. The molecule has 1 aliphatic heterocycles. The van der Waals surface area contributed by atoms with Crippen LogP contribution in [0.3, 0.4) is 0 Å². The smallest absolute Gasteiger partial charge is 0.242 e. The first kappa shape index (κ1) is 20.6. The molecule has 0 radical (unpaired) electrons. The van der Waals surface area contributed by atoms with Crippen LogP contribution in [0.4, 0.5) is 5.95 Å². The predicted octanol–water partition coefficient (Wildman–Crippen LogP) is 2.10. The summed E-state index contributed by atoms with van der Waals surface area (Å²) in [7, 11) is 0. The molecule has 1 aliphatic rings. The minimum Gasteiger partial charge on any atom is -0.338 e. The Bertz CT molecular complexity index is 601. The third kappa shape index (κ3) is 5.13. The molecule has 0 saturated carbocycles. The van der Waals surface area contributed by atoms with E-state index in [9.17, 15) is 4.79 Å². The van der Waals surface area contributed by atoms with Crippen LogP contribution in [0.2, 0.25) is 0 Å². The second-order valence-corrected chi connectivity index (χ2v) is 8.97. The summed E-state index contributed by atoms with van der Waals surface area (Å²) in [6, 6.07) is 0.288. The van der Waals surface area contributed by atoms with Gasteiger partial charge in [0, 0.05) is 31.2 Å². The van der Waals surface area contributed by atoms with Crippen LogP contribution >= 0.6 is 0 Å². The Morgan fingerprint density at radius 2 is 1.81 bits per heavy atom. The molecule has 1 saturated heterocycles. The van der Waals surface area contributed by atoms with Crippen LogP contribution in [0, 0.1) is 5.92 Å². The Balaban J connectivity index is 2.14. The van der Waals surface area contributed by atoms with Gasteiger partial charge in [0.25, 0.3) is 0 Å². The van der Waals surface area contributed by atoms with Gasteiger partial charge in [0.1, 0.15) is 12.7 Å². The van der Waals surface area contributed by atoms with Crippen molar-refractivity contribution in [3.05, 3.63) is 12.7 Å². The van der Waals surface area contributed by atoms with Gasteiger partial charge in [0.05, 0.1) is 5.54 Å². The molecule has 0 bridgehead atoms. The molecule has 0 aromatic carbocycles. The van der Waals surface area contributed by atoms with Crippen molar-refractivity contribution in [2.24, 2.45) is 5.92 Å². The van der Waals surface area contributed by atoms with Gasteiger partial charge in [-0.15, -0.1) is 0 Å². The zero-order valence-electron chi connectivity index (χ0n) is 17.3. The lowest BCUT2D eigenvalue weighted by atomic mass is 9.90. The predicted molar refractivity (Wildman–Crippen MR) is 104 cm³/mol. The molecule has 1 aromatic heterocycles. The fourth-order valence-electron chi connectivity index (χ4n) is 4.00. The van der Waals surface area contributed by atoms with E-state index in [1.54, 1.807) is 0 Å². The highest BCUT2D eigenvalue weighted by Crippen LogP contribution is 2.23. The highest BCUT2D eigenvalue weighted by Gasteiger charge is 2.43. The van der Waals surface area contributed by atoms with Crippen molar-refractivity contribution in [3.8, 4) is 0 Å². The average Bonchev–Trinajstić information content (AvgIpc) is 2.51. The van der Waals surface area contributed by atoms with Crippen molar-refractivity contribution >= 4 is 11.9 Å². The topological polar surface area (TPSA) is 74.2 Å². The molecule has 1 amide bonds. The minimum absolute atomic E-state index is 0.112. The molecule has 1 N–H and O–H groups in total. The van der Waals surface area contributed by atoms with E-state index in [4.69, 9.17) is 0 Å². The largest absolute Gasteiger partial charge is 0.338 e. The van der Waals surface area contributed by atoms with E-state index >= 15 is 0 Å². The van der Waals surface area contributed by atoms with E-state index in [2.05, 4.69) is 59.8 Å². The number of aromatic nitrogens is 3. The Morgan fingerprint density at radius 1 is 1.19 bits per heavy atom. The van der Waals surface area contributed by atoms with Gasteiger partial charge in [-0.1, -0.05) is 13.8 Å². The van der Waals surface area contributed by atoms with Gasteiger partial charge >= 0.3 is 0 Å². The number of anilines is 1. The molecule has 7 nitrogen and oxygen atoms in total. The number of amides is 1. The van der Waals surface area contributed by atoms with Gasteiger partial charge in [-0.05, 0) is 47.0 Å². The van der Waals surface area contributed by atoms with Crippen LogP contribution in [-0.4, -0.2) is 62.5 Å². The summed E-state index contributed by atoms with van der Waals surface area (Å²) < 4.78 is 0. The Hall–Kier alpha value is -1.76. The summed E-state index contributed by atoms with van der Waals surface area (Å²) in [6.07, 6.45) is 4.09. The highest BCUT2D eigenvalue weighted by molar-refractivity contribution is 5.86. The number of hydrogen-bond donors (Lipinski definition) is 1. The maximum absolute atomic E-state index is 12.8. The van der Waals surface area contributed by atoms with Gasteiger partial charge in [-0.25, -0.2) is 15.0 Å². The molecule has 0 aliphatic carbocycles. The van der Waals surface area contributed by atoms with E-state index in [0.717, 1.165) is 6.42 Å². The van der Waals surface area contributed by atoms with E-state index in [1.807, 2.05) is 18.7 Å². The Kier molecular flexibility index (Phi) is 6.21. The molecule has 0 spiro atoms. The summed E-state index contributed by atoms with van der Waals surface area (Å²) in [5, 5.41) is 3.44. The minimum atomic E-state index is -0.552. The van der Waals surface area contributed by atoms with Crippen LogP contribution in [0.1, 0.15) is 54.9 Å². The van der Waals surface area contributed by atoms with Gasteiger partial charge in [0.15, 0.2) is 0 Å². The highest BCUT2D eigenvalue weighted by atomic mass is 16.2. The van der Waals surface area contributed by atoms with Crippen molar-refractivity contribution in [2.45, 2.75) is 72.0 Å². The molecule has 7 heteroatoms. The van der Waals surface area contributed by atoms with Crippen LogP contribution in [-0.2, 0) is 4.79 Å². The quantitative estimate of drug-likeness (QED) is 0.801. The fourth-order valence-corrected chi connectivity index (χ4v) is 4.00. The normalized spacial score (nSPS) is 20.3. The standard InChI is InChI=1S/C19H34N6O/c1-14(2)10-15(3)25(17-21-12-20-13-22-17)9-8-24-11-18(4,5)23-19(6,7)16(24)26/h12-15,23H,8-11H2,1-7H3. The number of piperazine rings is 1. The van der Waals surface area contributed by atoms with E-state index in [1.165, 1.54) is 12.7 Å². The third-order valence-electron chi connectivity index (χ3n) is 4.75. The van der Waals surface area contributed by atoms with Crippen molar-refractivity contribution in [1.29, 1.82) is 0 Å². The summed E-state index contributed by atoms with van der Waals surface area (Å²) in [6.45, 7) is 16.9. The molecule has 2 rings (SSSR count). The number of rotatable bonds is 7. The molecule has 1 aromatic rings. The van der Waals surface area contributed by atoms with Crippen molar-refractivity contribution in [3.63, 3.8) is 0 Å². The molecule has 2 heterocycles. The Morgan fingerprint density at radius 3 is 2.38 bits per heavy atom. The fraction of sp³-hybridized carbons (Fsp3) is 0.789. The Labute approximate surface area is 157 Å². The average molecular weight is 363 g/mol. The van der Waals surface area contributed by atoms with E-state index < -0.39 is 5.54 Å². The second-order valence-electron chi connectivity index (χ2n) is 8.97. The molecule has 146 valence electrons. The van der Waals surface area contributed by atoms with Gasteiger partial charge in [-0.2, -0.15) is 0 Å². The third-order valence-corrected chi connectivity index (χ3v) is 4.75. The van der Waals surface area contributed by atoms with Gasteiger partial charge < -0.3 is 9.80 Å². The monoisotopic (exact) mass is 362 g/mol. The summed E-state index contributed by atoms with van der Waals surface area (Å²) >= 11 is 0. The van der Waals surface area contributed by atoms with Gasteiger partial charge in [-0.3, -0.25) is 10.1 Å². The van der Waals surface area contributed by atoms with Gasteiger partial charge in [0.2, 0.25) is 11.9 Å². The van der Waals surface area contributed by atoms with E-state index in [0.29, 0.717) is 31.5 Å². The maximum Gasteiger partial charge on any atom is 0.242 e. The first-order chi connectivity index (χ1) is 12.0. The molecular formula is C19H34N6O. The van der Waals surface area contributed by atoms with Crippen LogP contribution in [0.25, 0.3) is 0 Å². The van der Waals surface area contributed by atoms with Crippen LogP contribution in [0.5, 0.6) is 0 Å². The maximum atomic E-state index is 12.8. The second kappa shape index (κ2) is 7.86. The summed E-state index contributed by atoms with van der Waals surface area (Å²) in [4.78, 5) is 29.6. The zero-order valence-corrected chi connectivity index (χ0v) is 17.3. The number of carbonyl (C=O) groups is 1. The zero-order chi connectivity index (χ0) is 19.5. The van der Waals surface area contributed by atoms with E-state index in [-0.39, 0.29) is 17.5 Å². The number of hydrogen-bond acceptors (Lipinski definition) is 6. The van der Waals surface area contributed by atoms with Crippen molar-refractivity contribution in [1.82, 2.24) is 25.2 Å². The van der Waals surface area contributed by atoms with Crippen molar-refractivity contribution < 1.29 is 4.79 Å². The summed E-state index contributed by atoms with van der Waals surface area (Å²) in [5.41, 5.74) is -0.664. The molecule has 26 heavy (non-hydrogen) atoms. The summed E-state index contributed by atoms with van der Waals surface area (Å²) in [5.74, 6) is 1.39. The van der Waals surface area contributed by atoms with Crippen molar-refractivity contribution in [2.75, 3.05) is 24.5 Å². The molecule has 1 fully saturated rings. The van der Waals surface area contributed by atoms with Crippen LogP contribution in [0.15, 0.2) is 12.7 Å².